The molecule has 0 unspecified atom stereocenters. The molecule has 7 heteroatoms. The number of aromatic nitrogens is 4. The molecular formula is C12H16N6O. The fourth-order valence-electron chi connectivity index (χ4n) is 2.29. The second kappa shape index (κ2) is 5.21. The lowest BCUT2D eigenvalue weighted by molar-refractivity contribution is 0.314. The number of fused-ring (bicyclic) bond motifs is 1. The van der Waals surface area contributed by atoms with Crippen LogP contribution >= 0.6 is 0 Å². The van der Waals surface area contributed by atoms with E-state index in [1.165, 1.54) is 12.8 Å². The molecule has 1 aliphatic carbocycles. The van der Waals surface area contributed by atoms with Gasteiger partial charge in [-0.3, -0.25) is 0 Å². The molecule has 2 N–H and O–H groups in total. The van der Waals surface area contributed by atoms with E-state index >= 15 is 0 Å². The molecule has 2 aromatic rings. The van der Waals surface area contributed by atoms with Crippen molar-refractivity contribution in [2.75, 3.05) is 17.2 Å². The second-order valence-electron chi connectivity index (χ2n) is 4.63. The van der Waals surface area contributed by atoms with E-state index in [9.17, 15) is 0 Å². The normalized spacial score (nSPS) is 15.8. The van der Waals surface area contributed by atoms with Gasteiger partial charge in [-0.15, -0.1) is 6.58 Å². The molecule has 0 spiro atoms. The molecule has 0 aromatic carbocycles. The fourth-order valence-corrected chi connectivity index (χ4v) is 2.29. The predicted octanol–water partition coefficient (Wildman–Crippen LogP) is 1.97. The van der Waals surface area contributed by atoms with Gasteiger partial charge in [0.15, 0.2) is 11.6 Å². The molecule has 1 aliphatic rings. The molecule has 0 amide bonds. The van der Waals surface area contributed by atoms with Crippen molar-refractivity contribution in [2.24, 2.45) is 0 Å². The largest absolute Gasteiger partial charge is 0.364 e. The van der Waals surface area contributed by atoms with Crippen LogP contribution in [0.1, 0.15) is 25.7 Å². The lowest BCUT2D eigenvalue weighted by Crippen LogP contribution is -2.18. The quantitative estimate of drug-likeness (QED) is 0.794. The van der Waals surface area contributed by atoms with E-state index in [0.717, 1.165) is 12.8 Å². The Balaban J connectivity index is 1.90. The predicted molar refractivity (Wildman–Crippen MR) is 72.0 cm³/mol. The van der Waals surface area contributed by atoms with Crippen LogP contribution in [0.25, 0.3) is 11.3 Å². The van der Waals surface area contributed by atoms with Crippen molar-refractivity contribution in [2.45, 2.75) is 31.7 Å². The Hall–Kier alpha value is -2.18. The van der Waals surface area contributed by atoms with Crippen LogP contribution in [-0.2, 0) is 0 Å². The SMILES string of the molecule is C=CCNc1nc2nonc2nc1NC1CCCC1. The van der Waals surface area contributed by atoms with Gasteiger partial charge in [0.05, 0.1) is 0 Å². The van der Waals surface area contributed by atoms with Gasteiger partial charge < -0.3 is 10.6 Å². The molecule has 2 aromatic heterocycles. The first-order chi connectivity index (χ1) is 9.36. The van der Waals surface area contributed by atoms with Crippen molar-refractivity contribution in [3.63, 3.8) is 0 Å². The van der Waals surface area contributed by atoms with Crippen molar-refractivity contribution < 1.29 is 4.63 Å². The minimum atomic E-state index is 0.406. The highest BCUT2D eigenvalue weighted by Gasteiger charge is 2.19. The Morgan fingerprint density at radius 2 is 1.84 bits per heavy atom. The molecule has 1 saturated carbocycles. The van der Waals surface area contributed by atoms with Crippen LogP contribution in [0.2, 0.25) is 0 Å². The summed E-state index contributed by atoms with van der Waals surface area (Å²) in [7, 11) is 0. The van der Waals surface area contributed by atoms with Gasteiger partial charge in [0.2, 0.25) is 11.3 Å². The molecule has 100 valence electrons. The number of hydrogen-bond donors (Lipinski definition) is 2. The summed E-state index contributed by atoms with van der Waals surface area (Å²) in [6.07, 6.45) is 6.62. The Morgan fingerprint density at radius 1 is 1.16 bits per heavy atom. The zero-order chi connectivity index (χ0) is 13.1. The molecule has 19 heavy (non-hydrogen) atoms. The molecule has 7 nitrogen and oxygen atoms in total. The van der Waals surface area contributed by atoms with E-state index in [-0.39, 0.29) is 0 Å². The maximum Gasteiger partial charge on any atom is 0.245 e. The maximum atomic E-state index is 4.65. The summed E-state index contributed by atoms with van der Waals surface area (Å²) in [4.78, 5) is 8.78. The lowest BCUT2D eigenvalue weighted by Gasteiger charge is -2.15. The molecule has 1 fully saturated rings. The Bertz CT molecular complexity index is 575. The third-order valence-electron chi connectivity index (χ3n) is 3.22. The third-order valence-corrected chi connectivity index (χ3v) is 3.22. The van der Waals surface area contributed by atoms with Gasteiger partial charge >= 0.3 is 0 Å². The summed E-state index contributed by atoms with van der Waals surface area (Å²) in [5.74, 6) is 1.37. The third kappa shape index (κ3) is 2.49. The number of rotatable bonds is 5. The number of nitrogens with zero attached hydrogens (tertiary/aromatic N) is 4. The van der Waals surface area contributed by atoms with Gasteiger partial charge in [-0.25, -0.2) is 14.6 Å². The monoisotopic (exact) mass is 260 g/mol. The summed E-state index contributed by atoms with van der Waals surface area (Å²) in [5.41, 5.74) is 0.827. The minimum absolute atomic E-state index is 0.406. The summed E-state index contributed by atoms with van der Waals surface area (Å²) in [6.45, 7) is 4.30. The zero-order valence-corrected chi connectivity index (χ0v) is 10.6. The van der Waals surface area contributed by atoms with E-state index in [1.54, 1.807) is 6.08 Å². The summed E-state index contributed by atoms with van der Waals surface area (Å²) in [6, 6.07) is 0.455. The van der Waals surface area contributed by atoms with E-state index in [0.29, 0.717) is 35.5 Å². The Morgan fingerprint density at radius 3 is 2.53 bits per heavy atom. The topological polar surface area (TPSA) is 88.8 Å². The van der Waals surface area contributed by atoms with E-state index in [4.69, 9.17) is 0 Å². The van der Waals surface area contributed by atoms with Crippen molar-refractivity contribution in [3.8, 4) is 0 Å². The minimum Gasteiger partial charge on any atom is -0.364 e. The molecule has 0 radical (unpaired) electrons. The molecule has 0 saturated heterocycles. The van der Waals surface area contributed by atoms with Crippen molar-refractivity contribution >= 4 is 22.9 Å². The van der Waals surface area contributed by atoms with Crippen molar-refractivity contribution in [3.05, 3.63) is 12.7 Å². The van der Waals surface area contributed by atoms with Gasteiger partial charge in [0.25, 0.3) is 0 Å². The Labute approximate surface area is 110 Å². The highest BCUT2D eigenvalue weighted by Crippen LogP contribution is 2.25. The lowest BCUT2D eigenvalue weighted by atomic mass is 10.2. The van der Waals surface area contributed by atoms with Crippen molar-refractivity contribution in [1.82, 2.24) is 20.3 Å². The van der Waals surface area contributed by atoms with Crippen LogP contribution in [0, 0.1) is 0 Å². The second-order valence-corrected chi connectivity index (χ2v) is 4.63. The highest BCUT2D eigenvalue weighted by molar-refractivity contribution is 5.73. The number of hydrogen-bond acceptors (Lipinski definition) is 7. The maximum absolute atomic E-state index is 4.65. The summed E-state index contributed by atoms with van der Waals surface area (Å²) in [5, 5.41) is 14.0. The van der Waals surface area contributed by atoms with Crippen LogP contribution in [0.4, 0.5) is 11.6 Å². The van der Waals surface area contributed by atoms with Crippen LogP contribution in [-0.4, -0.2) is 32.9 Å². The van der Waals surface area contributed by atoms with Crippen molar-refractivity contribution in [1.29, 1.82) is 0 Å². The summed E-state index contributed by atoms with van der Waals surface area (Å²) < 4.78 is 4.65. The first-order valence-corrected chi connectivity index (χ1v) is 6.48. The van der Waals surface area contributed by atoms with Gasteiger partial charge in [-0.05, 0) is 23.2 Å². The van der Waals surface area contributed by atoms with E-state index < -0.39 is 0 Å². The molecule has 0 atom stereocenters. The van der Waals surface area contributed by atoms with Crippen LogP contribution in [0.5, 0.6) is 0 Å². The molecule has 0 bridgehead atoms. The van der Waals surface area contributed by atoms with Gasteiger partial charge in [0.1, 0.15) is 0 Å². The van der Waals surface area contributed by atoms with Gasteiger partial charge in [0, 0.05) is 12.6 Å². The first kappa shape index (κ1) is 11.9. The highest BCUT2D eigenvalue weighted by atomic mass is 16.6. The van der Waals surface area contributed by atoms with Crippen LogP contribution in [0.15, 0.2) is 17.3 Å². The molecule has 3 rings (SSSR count). The van der Waals surface area contributed by atoms with E-state index in [2.05, 4.69) is 42.1 Å². The van der Waals surface area contributed by atoms with Gasteiger partial charge in [-0.1, -0.05) is 18.9 Å². The zero-order valence-electron chi connectivity index (χ0n) is 10.6. The molecule has 0 aliphatic heterocycles. The van der Waals surface area contributed by atoms with Crippen LogP contribution < -0.4 is 10.6 Å². The average molecular weight is 260 g/mol. The number of nitrogens with one attached hydrogen (secondary N) is 2. The van der Waals surface area contributed by atoms with Crippen LogP contribution in [0.3, 0.4) is 0 Å². The van der Waals surface area contributed by atoms with E-state index in [1.807, 2.05) is 0 Å². The average Bonchev–Trinajstić information content (AvgIpc) is 3.06. The number of anilines is 2. The fraction of sp³-hybridized carbons (Fsp3) is 0.500. The van der Waals surface area contributed by atoms with Gasteiger partial charge in [-0.2, -0.15) is 0 Å². The Kier molecular flexibility index (Phi) is 3.26. The molecule has 2 heterocycles. The first-order valence-electron chi connectivity index (χ1n) is 6.48. The standard InChI is InChI=1S/C12H16N6O/c1-2-7-13-9-10(14-8-5-3-4-6-8)16-12-11(15-9)17-19-18-12/h2,8H,1,3-7H2,(H,13,15,17)(H,14,16,18). The molecular weight excluding hydrogens is 244 g/mol. The summed E-state index contributed by atoms with van der Waals surface area (Å²) >= 11 is 0. The smallest absolute Gasteiger partial charge is 0.245 e.